The molecule has 7 heterocycles. The predicted octanol–water partition coefficient (Wildman–Crippen LogP) is 3.65. The van der Waals surface area contributed by atoms with Gasteiger partial charge in [-0.25, -0.2) is 0 Å². The summed E-state index contributed by atoms with van der Waals surface area (Å²) in [4.78, 5) is 51.6. The summed E-state index contributed by atoms with van der Waals surface area (Å²) in [6, 6.07) is 24.2. The fourth-order valence-corrected chi connectivity index (χ4v) is 10.6. The van der Waals surface area contributed by atoms with Crippen molar-refractivity contribution in [2.45, 2.75) is 69.2 Å². The predicted molar refractivity (Wildman–Crippen MR) is 234 cm³/mol. The topological polar surface area (TPSA) is 164 Å². The number of piperidine rings is 2. The summed E-state index contributed by atoms with van der Waals surface area (Å²) in [5.41, 5.74) is 13.2. The third-order valence-electron chi connectivity index (χ3n) is 13.7. The Morgan fingerprint density at radius 3 is 2.30 bits per heavy atom. The van der Waals surface area contributed by atoms with Crippen LogP contribution in [0, 0.1) is 0 Å². The number of anilines is 5. The van der Waals surface area contributed by atoms with Gasteiger partial charge in [-0.1, -0.05) is 24.3 Å². The van der Waals surface area contributed by atoms with E-state index in [1.165, 1.54) is 16.9 Å². The highest BCUT2D eigenvalue weighted by Gasteiger charge is 2.41. The van der Waals surface area contributed by atoms with Gasteiger partial charge < -0.3 is 40.1 Å². The van der Waals surface area contributed by atoms with Crippen molar-refractivity contribution in [2.24, 2.45) is 0 Å². The van der Waals surface area contributed by atoms with Crippen LogP contribution in [0.1, 0.15) is 44.1 Å². The van der Waals surface area contributed by atoms with E-state index in [1.54, 1.807) is 12.1 Å². The largest absolute Gasteiger partial charge is 0.507 e. The minimum absolute atomic E-state index is 0.0512. The molecular weight excluding hydrogens is 773 g/mol. The number of piperazine rings is 2. The van der Waals surface area contributed by atoms with Crippen LogP contribution >= 0.6 is 0 Å². The molecular formula is C46H54N10O5. The quantitative estimate of drug-likeness (QED) is 0.210. The van der Waals surface area contributed by atoms with Crippen LogP contribution < -0.4 is 35.4 Å². The maximum atomic E-state index is 13.5. The van der Waals surface area contributed by atoms with Gasteiger partial charge >= 0.3 is 0 Å². The van der Waals surface area contributed by atoms with E-state index in [1.807, 2.05) is 29.2 Å². The number of hydrogen-bond donors (Lipinski definition) is 3. The van der Waals surface area contributed by atoms with E-state index in [9.17, 15) is 19.5 Å². The molecule has 2 bridgehead atoms. The SMILES string of the molecule is Nc1nnc(-c2ccccc2O)cc1N1C[C@H]2CC[C@@H](C1)N2c1cccc(OC2CCN(C(=O)CN3CCN(c4cccc5c4CCN5C4CCC(=O)NC4=O)CC3)CC2)c1. The summed E-state index contributed by atoms with van der Waals surface area (Å²) < 4.78 is 6.58. The van der Waals surface area contributed by atoms with Crippen molar-refractivity contribution < 1.29 is 24.2 Å². The molecule has 0 spiro atoms. The molecule has 4 aromatic rings. The normalized spacial score (nSPS) is 23.3. The van der Waals surface area contributed by atoms with E-state index < -0.39 is 0 Å². The van der Waals surface area contributed by atoms with Crippen LogP contribution in [0.25, 0.3) is 11.3 Å². The van der Waals surface area contributed by atoms with Crippen LogP contribution in [-0.4, -0.2) is 133 Å². The van der Waals surface area contributed by atoms with Crippen LogP contribution in [0.3, 0.4) is 0 Å². The third kappa shape index (κ3) is 7.75. The number of amides is 3. The molecule has 61 heavy (non-hydrogen) atoms. The van der Waals surface area contributed by atoms with E-state index in [0.29, 0.717) is 61.6 Å². The number of aromatic nitrogens is 2. The number of para-hydroxylation sites is 1. The summed E-state index contributed by atoms with van der Waals surface area (Å²) in [7, 11) is 0. The van der Waals surface area contributed by atoms with Crippen molar-refractivity contribution in [1.29, 1.82) is 0 Å². The molecule has 10 rings (SSSR count). The number of nitrogens with zero attached hydrogens (tertiary/aromatic N) is 8. The first-order valence-electron chi connectivity index (χ1n) is 21.9. The van der Waals surface area contributed by atoms with E-state index in [2.05, 4.69) is 76.4 Å². The molecule has 3 aromatic carbocycles. The number of benzene rings is 3. The Kier molecular flexibility index (Phi) is 10.5. The van der Waals surface area contributed by atoms with Gasteiger partial charge in [-0.05, 0) is 68.1 Å². The first-order valence-corrected chi connectivity index (χ1v) is 21.9. The number of phenolic OH excluding ortho intramolecular Hbond substituents is 1. The molecule has 15 heteroatoms. The molecule has 1 aromatic heterocycles. The molecule has 15 nitrogen and oxygen atoms in total. The third-order valence-corrected chi connectivity index (χ3v) is 13.7. The zero-order valence-electron chi connectivity index (χ0n) is 34.5. The van der Waals surface area contributed by atoms with Gasteiger partial charge in [0.1, 0.15) is 23.6 Å². The lowest BCUT2D eigenvalue weighted by Gasteiger charge is -2.43. The number of fused-ring (bicyclic) bond motifs is 3. The monoisotopic (exact) mass is 826 g/mol. The zero-order chi connectivity index (χ0) is 41.6. The lowest BCUT2D eigenvalue weighted by Crippen LogP contribution is -2.54. The number of imide groups is 1. The fourth-order valence-electron chi connectivity index (χ4n) is 10.6. The molecule has 0 saturated carbocycles. The Morgan fingerprint density at radius 1 is 0.770 bits per heavy atom. The Labute approximate surface area is 356 Å². The van der Waals surface area contributed by atoms with Crippen molar-refractivity contribution in [3.05, 3.63) is 78.4 Å². The lowest BCUT2D eigenvalue weighted by atomic mass is 10.0. The Bertz CT molecular complexity index is 2300. The van der Waals surface area contributed by atoms with E-state index in [-0.39, 0.29) is 35.6 Å². The number of ether oxygens (including phenoxy) is 1. The highest BCUT2D eigenvalue weighted by molar-refractivity contribution is 6.02. The number of hydrogen-bond acceptors (Lipinski definition) is 13. The van der Waals surface area contributed by atoms with Gasteiger partial charge in [0.2, 0.25) is 17.7 Å². The first-order chi connectivity index (χ1) is 29.8. The van der Waals surface area contributed by atoms with Gasteiger partial charge in [0, 0.05) is 125 Å². The lowest BCUT2D eigenvalue weighted by molar-refractivity contribution is -0.135. The van der Waals surface area contributed by atoms with Crippen LogP contribution in [-0.2, 0) is 20.8 Å². The maximum Gasteiger partial charge on any atom is 0.249 e. The summed E-state index contributed by atoms with van der Waals surface area (Å²) in [6.07, 6.45) is 5.62. The Hall–Kier alpha value is -6.09. The first kappa shape index (κ1) is 39.1. The molecule has 3 atom stereocenters. The number of nitrogens with two attached hydrogens (primary N) is 1. The van der Waals surface area contributed by atoms with Crippen LogP contribution in [0.4, 0.5) is 28.6 Å². The number of aromatic hydroxyl groups is 1. The summed E-state index contributed by atoms with van der Waals surface area (Å²) in [6.45, 7) is 7.50. The highest BCUT2D eigenvalue weighted by atomic mass is 16.5. The molecule has 0 aliphatic carbocycles. The second-order valence-corrected chi connectivity index (χ2v) is 17.4. The minimum Gasteiger partial charge on any atom is -0.507 e. The van der Waals surface area contributed by atoms with Crippen molar-refractivity contribution in [3.63, 3.8) is 0 Å². The van der Waals surface area contributed by atoms with Gasteiger partial charge in [0.05, 0.1) is 17.9 Å². The molecule has 6 aliphatic heterocycles. The van der Waals surface area contributed by atoms with Crippen molar-refractivity contribution in [3.8, 4) is 22.8 Å². The van der Waals surface area contributed by atoms with Gasteiger partial charge in [-0.3, -0.25) is 24.6 Å². The number of carbonyl (C=O) groups excluding carboxylic acids is 3. The van der Waals surface area contributed by atoms with Crippen molar-refractivity contribution in [2.75, 3.05) is 90.8 Å². The second-order valence-electron chi connectivity index (χ2n) is 17.4. The highest BCUT2D eigenvalue weighted by Crippen LogP contribution is 2.41. The minimum atomic E-state index is -0.305. The van der Waals surface area contributed by atoms with Crippen LogP contribution in [0.2, 0.25) is 0 Å². The van der Waals surface area contributed by atoms with E-state index in [4.69, 9.17) is 10.5 Å². The summed E-state index contributed by atoms with van der Waals surface area (Å²) in [5.74, 6) is 1.22. The van der Waals surface area contributed by atoms with Crippen molar-refractivity contribution in [1.82, 2.24) is 25.3 Å². The molecule has 5 saturated heterocycles. The number of carbonyl (C=O) groups is 3. The Balaban J connectivity index is 0.699. The number of likely N-dealkylation sites (tertiary alicyclic amines) is 1. The van der Waals surface area contributed by atoms with Crippen molar-refractivity contribution >= 4 is 46.3 Å². The standard InChI is InChI=1S/C46H54N10O5/c47-45-41(26-37(49-50-45)35-7-1-2-10-42(35)57)54-27-31-11-12-32(28-54)56(31)30-5-3-6-34(25-30)61-33-15-18-53(19-16-33)44(59)29-51-21-23-52(24-22-51)38-8-4-9-39-36(38)17-20-55(39)40-13-14-43(58)48-46(40)60/h1-10,25-26,31-33,40,57H,11-24,27-29H2,(H2,47,50)(H,48,58,60)/t31-,32+,40?. The molecule has 318 valence electrons. The van der Waals surface area contributed by atoms with Gasteiger partial charge in [0.25, 0.3) is 0 Å². The Morgan fingerprint density at radius 2 is 1.52 bits per heavy atom. The molecule has 1 unspecified atom stereocenters. The molecule has 5 fully saturated rings. The molecule has 3 amide bonds. The van der Waals surface area contributed by atoms with E-state index in [0.717, 1.165) is 95.0 Å². The maximum absolute atomic E-state index is 13.5. The smallest absolute Gasteiger partial charge is 0.249 e. The summed E-state index contributed by atoms with van der Waals surface area (Å²) in [5, 5.41) is 21.5. The second kappa shape index (κ2) is 16.4. The molecule has 4 N–H and O–H groups in total. The molecule has 6 aliphatic rings. The average Bonchev–Trinajstić information content (AvgIpc) is 3.82. The van der Waals surface area contributed by atoms with Gasteiger partial charge in [-0.2, -0.15) is 0 Å². The summed E-state index contributed by atoms with van der Waals surface area (Å²) >= 11 is 0. The van der Waals surface area contributed by atoms with Crippen LogP contribution in [0.15, 0.2) is 72.8 Å². The van der Waals surface area contributed by atoms with Crippen LogP contribution in [0.5, 0.6) is 11.5 Å². The zero-order valence-corrected chi connectivity index (χ0v) is 34.5. The number of phenols is 1. The van der Waals surface area contributed by atoms with Gasteiger partial charge in [-0.15, -0.1) is 10.2 Å². The average molecular weight is 827 g/mol. The number of rotatable bonds is 9. The van der Waals surface area contributed by atoms with Gasteiger partial charge in [0.15, 0.2) is 5.82 Å². The number of nitrogens with one attached hydrogen (secondary N) is 1. The molecule has 0 radical (unpaired) electrons. The number of nitrogen functional groups attached to an aromatic ring is 1. The fraction of sp³-hybridized carbons (Fsp3) is 0.457. The van der Waals surface area contributed by atoms with E-state index >= 15 is 0 Å².